The van der Waals surface area contributed by atoms with Crippen LogP contribution in [0.3, 0.4) is 0 Å². The molecule has 0 aromatic carbocycles. The zero-order valence-electron chi connectivity index (χ0n) is 11.3. The molecule has 0 radical (unpaired) electrons. The van der Waals surface area contributed by atoms with E-state index in [0.717, 1.165) is 24.3 Å². The van der Waals surface area contributed by atoms with Gasteiger partial charge in [-0.25, -0.2) is 0 Å². The van der Waals surface area contributed by atoms with Crippen molar-refractivity contribution in [3.8, 4) is 5.75 Å². The van der Waals surface area contributed by atoms with Crippen LogP contribution in [-0.4, -0.2) is 11.1 Å². The minimum Gasteiger partial charge on any atom is -0.489 e. The lowest BCUT2D eigenvalue weighted by Crippen LogP contribution is -2.15. The standard InChI is InChI=1S/C14H24N2O/c1-5-13(15)14-7-6-12(9-16-14)17-11(4)8-10(2)3/h6-7,9-11,13H,5,8,15H2,1-4H3. The van der Waals surface area contributed by atoms with Gasteiger partial charge in [0.2, 0.25) is 0 Å². The van der Waals surface area contributed by atoms with Gasteiger partial charge in [-0.05, 0) is 37.8 Å². The van der Waals surface area contributed by atoms with E-state index in [1.165, 1.54) is 0 Å². The summed E-state index contributed by atoms with van der Waals surface area (Å²) < 4.78 is 5.79. The zero-order valence-corrected chi connectivity index (χ0v) is 11.3. The lowest BCUT2D eigenvalue weighted by atomic mass is 10.1. The highest BCUT2D eigenvalue weighted by Gasteiger charge is 2.08. The molecule has 2 unspecified atom stereocenters. The van der Waals surface area contributed by atoms with Crippen LogP contribution >= 0.6 is 0 Å². The molecule has 0 fully saturated rings. The third-order valence-corrected chi connectivity index (χ3v) is 2.72. The van der Waals surface area contributed by atoms with E-state index in [2.05, 4.69) is 32.7 Å². The van der Waals surface area contributed by atoms with Gasteiger partial charge in [0.25, 0.3) is 0 Å². The highest BCUT2D eigenvalue weighted by atomic mass is 16.5. The monoisotopic (exact) mass is 236 g/mol. The van der Waals surface area contributed by atoms with Crippen molar-refractivity contribution in [2.75, 3.05) is 0 Å². The SMILES string of the molecule is CCC(N)c1ccc(OC(C)CC(C)C)cn1. The average Bonchev–Trinajstić information content (AvgIpc) is 2.28. The molecule has 0 spiro atoms. The molecule has 3 nitrogen and oxygen atoms in total. The molecule has 96 valence electrons. The predicted molar refractivity (Wildman–Crippen MR) is 71.0 cm³/mol. The minimum atomic E-state index is 0.0251. The molecule has 3 heteroatoms. The number of hydrogen-bond donors (Lipinski definition) is 1. The van der Waals surface area contributed by atoms with Crippen LogP contribution in [0.25, 0.3) is 0 Å². The number of nitrogens with two attached hydrogens (primary N) is 1. The average molecular weight is 236 g/mol. The van der Waals surface area contributed by atoms with Crippen LogP contribution in [0.5, 0.6) is 5.75 Å². The molecular weight excluding hydrogens is 212 g/mol. The molecule has 2 atom stereocenters. The van der Waals surface area contributed by atoms with Crippen LogP contribution < -0.4 is 10.5 Å². The maximum Gasteiger partial charge on any atom is 0.138 e. The van der Waals surface area contributed by atoms with E-state index in [-0.39, 0.29) is 12.1 Å². The molecule has 0 aliphatic carbocycles. The first kappa shape index (κ1) is 14.0. The number of aromatic nitrogens is 1. The van der Waals surface area contributed by atoms with Crippen molar-refractivity contribution < 1.29 is 4.74 Å². The summed E-state index contributed by atoms with van der Waals surface area (Å²) in [7, 11) is 0. The Kier molecular flexibility index (Phi) is 5.42. The lowest BCUT2D eigenvalue weighted by molar-refractivity contribution is 0.192. The highest BCUT2D eigenvalue weighted by Crippen LogP contribution is 2.18. The van der Waals surface area contributed by atoms with Crippen molar-refractivity contribution in [3.05, 3.63) is 24.0 Å². The predicted octanol–water partition coefficient (Wildman–Crippen LogP) is 3.30. The maximum absolute atomic E-state index is 5.91. The quantitative estimate of drug-likeness (QED) is 0.824. The van der Waals surface area contributed by atoms with Crippen LogP contribution in [0.15, 0.2) is 18.3 Å². The molecule has 1 heterocycles. The zero-order chi connectivity index (χ0) is 12.8. The Morgan fingerprint density at radius 3 is 2.47 bits per heavy atom. The summed E-state index contributed by atoms with van der Waals surface area (Å²) in [6.45, 7) is 8.54. The molecule has 2 N–H and O–H groups in total. The Morgan fingerprint density at radius 1 is 1.29 bits per heavy atom. The Labute approximate surface area is 104 Å². The smallest absolute Gasteiger partial charge is 0.138 e. The van der Waals surface area contributed by atoms with E-state index in [1.54, 1.807) is 6.20 Å². The molecule has 1 aromatic rings. The van der Waals surface area contributed by atoms with Crippen LogP contribution in [0, 0.1) is 5.92 Å². The molecule has 17 heavy (non-hydrogen) atoms. The van der Waals surface area contributed by atoms with Crippen molar-refractivity contribution in [1.82, 2.24) is 4.98 Å². The normalized spacial score (nSPS) is 14.7. The number of pyridine rings is 1. The van der Waals surface area contributed by atoms with Gasteiger partial charge in [0.05, 0.1) is 18.0 Å². The minimum absolute atomic E-state index is 0.0251. The molecule has 0 amide bonds. The molecule has 1 aromatic heterocycles. The molecule has 0 saturated carbocycles. The van der Waals surface area contributed by atoms with Crippen molar-refractivity contribution >= 4 is 0 Å². The largest absolute Gasteiger partial charge is 0.489 e. The fraction of sp³-hybridized carbons (Fsp3) is 0.643. The van der Waals surface area contributed by atoms with Gasteiger partial charge in [-0.15, -0.1) is 0 Å². The first-order valence-electron chi connectivity index (χ1n) is 6.41. The second-order valence-corrected chi connectivity index (χ2v) is 4.99. The topological polar surface area (TPSA) is 48.1 Å². The lowest BCUT2D eigenvalue weighted by Gasteiger charge is -2.17. The summed E-state index contributed by atoms with van der Waals surface area (Å²) in [6, 6.07) is 3.93. The second kappa shape index (κ2) is 6.60. The fourth-order valence-electron chi connectivity index (χ4n) is 1.83. The summed E-state index contributed by atoms with van der Waals surface area (Å²) in [5.41, 5.74) is 6.84. The van der Waals surface area contributed by atoms with E-state index in [0.29, 0.717) is 5.92 Å². The summed E-state index contributed by atoms with van der Waals surface area (Å²) >= 11 is 0. The number of rotatable bonds is 6. The van der Waals surface area contributed by atoms with Crippen molar-refractivity contribution in [1.29, 1.82) is 0 Å². The van der Waals surface area contributed by atoms with Crippen molar-refractivity contribution in [3.63, 3.8) is 0 Å². The van der Waals surface area contributed by atoms with Crippen LogP contribution in [0.4, 0.5) is 0 Å². The molecule has 0 saturated heterocycles. The number of hydrogen-bond acceptors (Lipinski definition) is 3. The Hall–Kier alpha value is -1.09. The molecule has 0 aliphatic rings. The van der Waals surface area contributed by atoms with Gasteiger partial charge in [0, 0.05) is 6.04 Å². The fourth-order valence-corrected chi connectivity index (χ4v) is 1.83. The van der Waals surface area contributed by atoms with Gasteiger partial charge >= 0.3 is 0 Å². The summed E-state index contributed by atoms with van der Waals surface area (Å²) in [5.74, 6) is 1.47. The first-order valence-corrected chi connectivity index (χ1v) is 6.41. The van der Waals surface area contributed by atoms with Gasteiger partial charge in [0.1, 0.15) is 5.75 Å². The summed E-state index contributed by atoms with van der Waals surface area (Å²) in [4.78, 5) is 4.33. The van der Waals surface area contributed by atoms with Gasteiger partial charge in [-0.2, -0.15) is 0 Å². The van der Waals surface area contributed by atoms with Gasteiger partial charge in [-0.3, -0.25) is 4.98 Å². The number of ether oxygens (including phenoxy) is 1. The van der Waals surface area contributed by atoms with E-state index >= 15 is 0 Å². The van der Waals surface area contributed by atoms with Crippen LogP contribution in [-0.2, 0) is 0 Å². The molecule has 1 rings (SSSR count). The Morgan fingerprint density at radius 2 is 2.00 bits per heavy atom. The molecule has 0 bridgehead atoms. The van der Waals surface area contributed by atoms with Gasteiger partial charge < -0.3 is 10.5 Å². The number of nitrogens with zero attached hydrogens (tertiary/aromatic N) is 1. The summed E-state index contributed by atoms with van der Waals surface area (Å²) in [5, 5.41) is 0. The van der Waals surface area contributed by atoms with E-state index in [4.69, 9.17) is 10.5 Å². The van der Waals surface area contributed by atoms with E-state index in [9.17, 15) is 0 Å². The van der Waals surface area contributed by atoms with Crippen LogP contribution in [0.1, 0.15) is 52.3 Å². The maximum atomic E-state index is 5.91. The van der Waals surface area contributed by atoms with Crippen molar-refractivity contribution in [2.24, 2.45) is 11.7 Å². The Bertz CT molecular complexity index is 321. The molecular formula is C14H24N2O. The molecule has 0 aliphatic heterocycles. The summed E-state index contributed by atoms with van der Waals surface area (Å²) in [6.07, 6.45) is 3.94. The second-order valence-electron chi connectivity index (χ2n) is 4.99. The van der Waals surface area contributed by atoms with Crippen molar-refractivity contribution in [2.45, 2.75) is 52.7 Å². The Balaban J connectivity index is 2.56. The highest BCUT2D eigenvalue weighted by molar-refractivity contribution is 5.21. The van der Waals surface area contributed by atoms with Crippen LogP contribution in [0.2, 0.25) is 0 Å². The third-order valence-electron chi connectivity index (χ3n) is 2.72. The van der Waals surface area contributed by atoms with Gasteiger partial charge in [0.15, 0.2) is 0 Å². The van der Waals surface area contributed by atoms with E-state index in [1.807, 2.05) is 12.1 Å². The van der Waals surface area contributed by atoms with E-state index < -0.39 is 0 Å². The van der Waals surface area contributed by atoms with Gasteiger partial charge in [-0.1, -0.05) is 20.8 Å². The third kappa shape index (κ3) is 4.73. The first-order chi connectivity index (χ1) is 8.02.